The van der Waals surface area contributed by atoms with Crippen molar-refractivity contribution in [2.24, 2.45) is 5.92 Å². The van der Waals surface area contributed by atoms with Gasteiger partial charge in [0.1, 0.15) is 0 Å². The molecule has 1 fully saturated rings. The van der Waals surface area contributed by atoms with E-state index in [2.05, 4.69) is 10.9 Å². The zero-order valence-electron chi connectivity index (χ0n) is 11.2. The lowest BCUT2D eigenvalue weighted by Gasteiger charge is -2.08. The van der Waals surface area contributed by atoms with Crippen LogP contribution in [0, 0.1) is 5.92 Å². The van der Waals surface area contributed by atoms with Gasteiger partial charge in [-0.15, -0.1) is 11.3 Å². The second-order valence-corrected chi connectivity index (χ2v) is 8.07. The highest BCUT2D eigenvalue weighted by atomic mass is 32.2. The van der Waals surface area contributed by atoms with Crippen LogP contribution in [0.4, 0.5) is 0 Å². The van der Waals surface area contributed by atoms with Gasteiger partial charge in [0.2, 0.25) is 5.91 Å². The van der Waals surface area contributed by atoms with E-state index in [1.165, 1.54) is 17.4 Å². The number of nitrogens with one attached hydrogen (secondary N) is 2. The number of carbonyl (C=O) groups is 2. The fraction of sp³-hybridized carbons (Fsp3) is 0.385. The maximum Gasteiger partial charge on any atom is 0.262 e. The van der Waals surface area contributed by atoms with E-state index in [1.54, 1.807) is 6.08 Å². The van der Waals surface area contributed by atoms with Crippen molar-refractivity contribution in [3.63, 3.8) is 0 Å². The fourth-order valence-corrected chi connectivity index (χ4v) is 4.54. The van der Waals surface area contributed by atoms with Crippen molar-refractivity contribution < 1.29 is 18.0 Å². The molecule has 0 spiro atoms. The summed E-state index contributed by atoms with van der Waals surface area (Å²) in [7, 11) is -2.98. The maximum atomic E-state index is 11.6. The minimum absolute atomic E-state index is 0.0483. The van der Waals surface area contributed by atoms with Gasteiger partial charge in [0.05, 0.1) is 11.5 Å². The molecule has 0 aromatic carbocycles. The smallest absolute Gasteiger partial charge is 0.262 e. The van der Waals surface area contributed by atoms with E-state index in [0.717, 1.165) is 4.88 Å². The highest BCUT2D eigenvalue weighted by molar-refractivity contribution is 7.91. The molecule has 0 bridgehead atoms. The number of hydrogen-bond donors (Lipinski definition) is 2. The lowest BCUT2D eigenvalue weighted by Crippen LogP contribution is -2.41. The molecule has 1 aliphatic heterocycles. The molecule has 2 amide bonds. The Kier molecular flexibility index (Phi) is 5.13. The molecule has 6 nitrogen and oxygen atoms in total. The van der Waals surface area contributed by atoms with Crippen LogP contribution >= 0.6 is 11.3 Å². The van der Waals surface area contributed by atoms with Gasteiger partial charge in [-0.05, 0) is 29.9 Å². The van der Waals surface area contributed by atoms with Crippen molar-refractivity contribution in [3.05, 3.63) is 28.5 Å². The van der Waals surface area contributed by atoms with E-state index in [1.807, 2.05) is 17.5 Å². The second kappa shape index (κ2) is 6.86. The van der Waals surface area contributed by atoms with Crippen molar-refractivity contribution in [3.8, 4) is 0 Å². The molecular weight excluding hydrogens is 312 g/mol. The predicted octanol–water partition coefficient (Wildman–Crippen LogP) is 0.733. The molecule has 0 aliphatic carbocycles. The van der Waals surface area contributed by atoms with Gasteiger partial charge < -0.3 is 0 Å². The molecule has 1 aromatic heterocycles. The first-order chi connectivity index (χ1) is 9.94. The van der Waals surface area contributed by atoms with Gasteiger partial charge in [-0.25, -0.2) is 8.42 Å². The third-order valence-electron chi connectivity index (χ3n) is 3.07. The summed E-state index contributed by atoms with van der Waals surface area (Å²) in [6.45, 7) is 0. The summed E-state index contributed by atoms with van der Waals surface area (Å²) in [4.78, 5) is 24.0. The van der Waals surface area contributed by atoms with E-state index in [0.29, 0.717) is 6.42 Å². The van der Waals surface area contributed by atoms with Crippen molar-refractivity contribution in [1.29, 1.82) is 0 Å². The standard InChI is InChI=1S/C13H16N2O4S2/c16-12(4-3-11-2-1-6-20-11)14-15-13(17)8-10-5-7-21(18,19)9-10/h1-4,6,10H,5,7-9H2,(H,14,16)(H,15,17)/b4-3+/t10-/m1/s1. The SMILES string of the molecule is O=C(/C=C/c1cccs1)NNC(=O)C[C@H]1CCS(=O)(=O)C1. The van der Waals surface area contributed by atoms with E-state index < -0.39 is 15.7 Å². The molecule has 1 saturated heterocycles. The Balaban J connectivity index is 1.70. The molecular formula is C13H16N2O4S2. The summed E-state index contributed by atoms with van der Waals surface area (Å²) >= 11 is 1.50. The zero-order valence-corrected chi connectivity index (χ0v) is 12.9. The van der Waals surface area contributed by atoms with Crippen molar-refractivity contribution in [1.82, 2.24) is 10.9 Å². The van der Waals surface area contributed by atoms with Gasteiger partial charge in [0.25, 0.3) is 5.91 Å². The normalized spacial score (nSPS) is 20.5. The minimum atomic E-state index is -2.98. The Hall–Kier alpha value is -1.67. The van der Waals surface area contributed by atoms with Crippen LogP contribution in [0.3, 0.4) is 0 Å². The highest BCUT2D eigenvalue weighted by Gasteiger charge is 2.29. The lowest BCUT2D eigenvalue weighted by molar-refractivity contribution is -0.127. The molecule has 21 heavy (non-hydrogen) atoms. The largest absolute Gasteiger partial charge is 0.273 e. The molecule has 2 rings (SSSR count). The zero-order chi connectivity index (χ0) is 15.3. The first-order valence-electron chi connectivity index (χ1n) is 6.45. The Morgan fingerprint density at radius 3 is 2.81 bits per heavy atom. The summed E-state index contributed by atoms with van der Waals surface area (Å²) in [5, 5.41) is 1.90. The number of amides is 2. The average Bonchev–Trinajstić information content (AvgIpc) is 3.03. The molecule has 8 heteroatoms. The van der Waals surface area contributed by atoms with Gasteiger partial charge in [-0.2, -0.15) is 0 Å². The molecule has 2 heterocycles. The lowest BCUT2D eigenvalue weighted by atomic mass is 10.1. The van der Waals surface area contributed by atoms with E-state index in [4.69, 9.17) is 0 Å². The second-order valence-electron chi connectivity index (χ2n) is 4.86. The van der Waals surface area contributed by atoms with Crippen LogP contribution in [0.25, 0.3) is 6.08 Å². The Bertz CT molecular complexity index is 635. The molecule has 0 unspecified atom stereocenters. The van der Waals surface area contributed by atoms with Crippen molar-refractivity contribution in [2.75, 3.05) is 11.5 Å². The van der Waals surface area contributed by atoms with Gasteiger partial charge >= 0.3 is 0 Å². The summed E-state index contributed by atoms with van der Waals surface area (Å²) in [6.07, 6.45) is 3.58. The topological polar surface area (TPSA) is 92.3 Å². The van der Waals surface area contributed by atoms with Gasteiger partial charge in [0, 0.05) is 17.4 Å². The number of hydrazine groups is 1. The van der Waals surface area contributed by atoms with Crippen LogP contribution in [0.5, 0.6) is 0 Å². The van der Waals surface area contributed by atoms with Crippen LogP contribution in [0.15, 0.2) is 23.6 Å². The molecule has 2 N–H and O–H groups in total. The Morgan fingerprint density at radius 1 is 1.38 bits per heavy atom. The summed E-state index contributed by atoms with van der Waals surface area (Å²) in [5.41, 5.74) is 4.56. The fourth-order valence-electron chi connectivity index (χ4n) is 2.06. The third-order valence-corrected chi connectivity index (χ3v) is 5.74. The van der Waals surface area contributed by atoms with Gasteiger partial charge in [-0.3, -0.25) is 20.4 Å². The molecule has 1 aromatic rings. The maximum absolute atomic E-state index is 11.6. The molecule has 114 valence electrons. The average molecular weight is 328 g/mol. The van der Waals surface area contributed by atoms with Crippen LogP contribution in [0.2, 0.25) is 0 Å². The first kappa shape index (κ1) is 15.7. The molecule has 1 aliphatic rings. The third kappa shape index (κ3) is 5.31. The first-order valence-corrected chi connectivity index (χ1v) is 9.15. The predicted molar refractivity (Wildman–Crippen MR) is 81.0 cm³/mol. The Morgan fingerprint density at radius 2 is 2.19 bits per heavy atom. The number of thiophene rings is 1. The van der Waals surface area contributed by atoms with E-state index in [9.17, 15) is 18.0 Å². The number of hydrogen-bond acceptors (Lipinski definition) is 5. The molecule has 0 saturated carbocycles. The number of rotatable bonds is 4. The highest BCUT2D eigenvalue weighted by Crippen LogP contribution is 2.21. The summed E-state index contributed by atoms with van der Waals surface area (Å²) in [5.74, 6) is -0.785. The summed E-state index contributed by atoms with van der Waals surface area (Å²) < 4.78 is 22.6. The molecule has 0 radical (unpaired) electrons. The van der Waals surface area contributed by atoms with Crippen LogP contribution in [-0.4, -0.2) is 31.7 Å². The van der Waals surface area contributed by atoms with Crippen molar-refractivity contribution in [2.45, 2.75) is 12.8 Å². The summed E-state index contributed by atoms with van der Waals surface area (Å²) in [6, 6.07) is 3.74. The number of sulfone groups is 1. The minimum Gasteiger partial charge on any atom is -0.273 e. The quantitative estimate of drug-likeness (QED) is 0.630. The molecule has 1 atom stereocenters. The number of carbonyl (C=O) groups excluding carboxylic acids is 2. The van der Waals surface area contributed by atoms with E-state index in [-0.39, 0.29) is 29.8 Å². The van der Waals surface area contributed by atoms with Crippen molar-refractivity contribution >= 4 is 39.1 Å². The Labute approximate surface area is 127 Å². The van der Waals surface area contributed by atoms with Crippen LogP contribution in [0.1, 0.15) is 17.7 Å². The van der Waals surface area contributed by atoms with Crippen LogP contribution < -0.4 is 10.9 Å². The van der Waals surface area contributed by atoms with E-state index >= 15 is 0 Å². The van der Waals surface area contributed by atoms with Gasteiger partial charge in [0.15, 0.2) is 9.84 Å². The van der Waals surface area contributed by atoms with Crippen LogP contribution in [-0.2, 0) is 19.4 Å². The monoisotopic (exact) mass is 328 g/mol. The van der Waals surface area contributed by atoms with Gasteiger partial charge in [-0.1, -0.05) is 6.07 Å².